The first-order valence-corrected chi connectivity index (χ1v) is 8.65. The monoisotopic (exact) mass is 327 g/mol. The van der Waals surface area contributed by atoms with Gasteiger partial charge in [0.2, 0.25) is 0 Å². The van der Waals surface area contributed by atoms with Crippen molar-refractivity contribution in [1.82, 2.24) is 4.90 Å². The van der Waals surface area contributed by atoms with Crippen molar-refractivity contribution >= 4 is 5.78 Å². The van der Waals surface area contributed by atoms with E-state index in [1.54, 1.807) is 6.07 Å². The molecule has 5 nitrogen and oxygen atoms in total. The standard InChI is InChI=1S/C19H21NO4/c1-2-9-20-10-11-3-4-12(21)16-15(11)18-7-6-14(20)19(18,23)8-5-13(22)17(18)24-16/h2-4,14,17,21,23H,1,5-10H2/t14-,17?,18+,19-/m0/s1. The fourth-order valence-electron chi connectivity index (χ4n) is 5.86. The molecule has 1 aromatic carbocycles. The Morgan fingerprint density at radius 2 is 2.25 bits per heavy atom. The van der Waals surface area contributed by atoms with Crippen LogP contribution in [0.3, 0.4) is 0 Å². The molecule has 5 heteroatoms. The van der Waals surface area contributed by atoms with Gasteiger partial charge in [-0.3, -0.25) is 9.69 Å². The number of carbonyl (C=O) groups is 1. The molecule has 5 rings (SSSR count). The van der Waals surface area contributed by atoms with Crippen LogP contribution >= 0.6 is 0 Å². The second-order valence-electron chi connectivity index (χ2n) is 7.58. The van der Waals surface area contributed by atoms with Gasteiger partial charge in [-0.05, 0) is 30.9 Å². The molecule has 24 heavy (non-hydrogen) atoms. The molecule has 0 amide bonds. The summed E-state index contributed by atoms with van der Waals surface area (Å²) in [6.07, 6.45) is 3.51. The van der Waals surface area contributed by atoms with Gasteiger partial charge in [0.15, 0.2) is 23.4 Å². The van der Waals surface area contributed by atoms with E-state index in [0.717, 1.165) is 17.5 Å². The summed E-state index contributed by atoms with van der Waals surface area (Å²) in [4.78, 5) is 14.9. The Bertz CT molecular complexity index is 775. The lowest BCUT2D eigenvalue weighted by Crippen LogP contribution is -2.65. The molecule has 1 aromatic rings. The number of Topliss-reactive ketones (excluding diaryl/α,β-unsaturated/α-hetero) is 1. The molecule has 2 saturated carbocycles. The molecule has 2 aliphatic carbocycles. The van der Waals surface area contributed by atoms with Crippen LogP contribution in [0, 0.1) is 0 Å². The molecule has 2 fully saturated rings. The van der Waals surface area contributed by atoms with Crippen LogP contribution in [0.25, 0.3) is 0 Å². The van der Waals surface area contributed by atoms with E-state index < -0.39 is 17.1 Å². The number of aliphatic hydroxyl groups is 1. The van der Waals surface area contributed by atoms with E-state index in [4.69, 9.17) is 4.74 Å². The number of phenols is 1. The Labute approximate surface area is 140 Å². The third-order valence-corrected chi connectivity index (χ3v) is 6.71. The molecule has 2 N–H and O–H groups in total. The van der Waals surface area contributed by atoms with Gasteiger partial charge in [-0.25, -0.2) is 0 Å². The molecule has 0 radical (unpaired) electrons. The highest BCUT2D eigenvalue weighted by molar-refractivity contribution is 5.89. The second kappa shape index (κ2) is 4.41. The highest BCUT2D eigenvalue weighted by atomic mass is 16.5. The lowest BCUT2D eigenvalue weighted by Gasteiger charge is -2.48. The van der Waals surface area contributed by atoms with Crippen molar-refractivity contribution in [3.8, 4) is 11.5 Å². The van der Waals surface area contributed by atoms with Crippen molar-refractivity contribution in [2.75, 3.05) is 6.54 Å². The van der Waals surface area contributed by atoms with Crippen molar-refractivity contribution in [3.63, 3.8) is 0 Å². The largest absolute Gasteiger partial charge is 0.504 e. The Hall–Kier alpha value is -1.85. The van der Waals surface area contributed by atoms with Gasteiger partial charge < -0.3 is 14.9 Å². The number of rotatable bonds is 2. The Kier molecular flexibility index (Phi) is 2.66. The topological polar surface area (TPSA) is 70.0 Å². The third-order valence-electron chi connectivity index (χ3n) is 6.71. The molecule has 4 atom stereocenters. The van der Waals surface area contributed by atoms with Crippen LogP contribution < -0.4 is 4.74 Å². The summed E-state index contributed by atoms with van der Waals surface area (Å²) >= 11 is 0. The summed E-state index contributed by atoms with van der Waals surface area (Å²) in [5.41, 5.74) is 0.199. The van der Waals surface area contributed by atoms with Gasteiger partial charge in [0.05, 0.1) is 11.0 Å². The van der Waals surface area contributed by atoms with E-state index in [0.29, 0.717) is 38.1 Å². The van der Waals surface area contributed by atoms with Crippen molar-refractivity contribution < 1.29 is 19.7 Å². The highest BCUT2D eigenvalue weighted by Gasteiger charge is 2.73. The minimum absolute atomic E-state index is 0.0183. The lowest BCUT2D eigenvalue weighted by atomic mass is 9.59. The van der Waals surface area contributed by atoms with E-state index in [-0.39, 0.29) is 17.6 Å². The van der Waals surface area contributed by atoms with Gasteiger partial charge >= 0.3 is 0 Å². The number of aromatic hydroxyl groups is 1. The Morgan fingerprint density at radius 3 is 3.04 bits per heavy atom. The minimum atomic E-state index is -1.00. The van der Waals surface area contributed by atoms with Crippen LogP contribution in [0.4, 0.5) is 0 Å². The van der Waals surface area contributed by atoms with Gasteiger partial charge in [-0.1, -0.05) is 12.1 Å². The van der Waals surface area contributed by atoms with Crippen LogP contribution in [0.15, 0.2) is 24.8 Å². The maximum atomic E-state index is 12.6. The summed E-state index contributed by atoms with van der Waals surface area (Å²) in [5, 5.41) is 22.1. The number of carbonyl (C=O) groups excluding carboxylic acids is 1. The average Bonchev–Trinajstić information content (AvgIpc) is 3.03. The zero-order valence-corrected chi connectivity index (χ0v) is 13.5. The molecule has 126 valence electrons. The van der Waals surface area contributed by atoms with Gasteiger partial charge in [-0.15, -0.1) is 6.58 Å². The Balaban J connectivity index is 1.84. The first-order valence-electron chi connectivity index (χ1n) is 8.65. The van der Waals surface area contributed by atoms with Crippen LogP contribution in [0.5, 0.6) is 11.5 Å². The van der Waals surface area contributed by atoms with E-state index in [1.807, 2.05) is 12.1 Å². The van der Waals surface area contributed by atoms with Crippen molar-refractivity contribution in [1.29, 1.82) is 0 Å². The van der Waals surface area contributed by atoms with E-state index in [9.17, 15) is 15.0 Å². The second-order valence-corrected chi connectivity index (χ2v) is 7.58. The fraction of sp³-hybridized carbons (Fsp3) is 0.526. The maximum Gasteiger partial charge on any atom is 0.174 e. The summed E-state index contributed by atoms with van der Waals surface area (Å²) in [5.74, 6) is 0.514. The summed E-state index contributed by atoms with van der Waals surface area (Å²) < 4.78 is 5.98. The molecule has 0 aromatic heterocycles. The van der Waals surface area contributed by atoms with Crippen LogP contribution in [-0.4, -0.2) is 45.2 Å². The SMILES string of the molecule is C=CCN1Cc2ccc(O)c3c2[C@@]24CC[C@H]1[C@@]2(O)CCC(=O)C4O3. The predicted octanol–water partition coefficient (Wildman–Crippen LogP) is 1.65. The highest BCUT2D eigenvalue weighted by Crippen LogP contribution is 2.65. The molecular formula is C19H21NO4. The molecule has 1 unspecified atom stereocenters. The number of ether oxygens (including phenoxy) is 1. The van der Waals surface area contributed by atoms with Gasteiger partial charge in [0, 0.05) is 31.1 Å². The molecule has 1 spiro atoms. The molecular weight excluding hydrogens is 306 g/mol. The number of phenolic OH excluding ortho intramolecular Hbond substituents is 1. The maximum absolute atomic E-state index is 12.6. The van der Waals surface area contributed by atoms with E-state index in [1.165, 1.54) is 0 Å². The number of hydrogen-bond acceptors (Lipinski definition) is 5. The number of benzene rings is 1. The zero-order valence-electron chi connectivity index (χ0n) is 13.5. The van der Waals surface area contributed by atoms with Crippen molar-refractivity contribution in [2.24, 2.45) is 0 Å². The minimum Gasteiger partial charge on any atom is -0.504 e. The number of ketones is 1. The molecule has 4 aliphatic rings. The normalized spacial score (nSPS) is 39.3. The summed E-state index contributed by atoms with van der Waals surface area (Å²) in [6, 6.07) is 3.53. The fourth-order valence-corrected chi connectivity index (χ4v) is 5.86. The third kappa shape index (κ3) is 1.38. The first-order chi connectivity index (χ1) is 11.5. The number of hydrogen-bond donors (Lipinski definition) is 2. The van der Waals surface area contributed by atoms with E-state index >= 15 is 0 Å². The van der Waals surface area contributed by atoms with Crippen molar-refractivity contribution in [3.05, 3.63) is 35.9 Å². The average molecular weight is 327 g/mol. The summed E-state index contributed by atoms with van der Waals surface area (Å²) in [7, 11) is 0. The van der Waals surface area contributed by atoms with Gasteiger partial charge in [0.25, 0.3) is 0 Å². The van der Waals surface area contributed by atoms with Gasteiger partial charge in [0.1, 0.15) is 0 Å². The van der Waals surface area contributed by atoms with Crippen LogP contribution in [0.2, 0.25) is 0 Å². The smallest absolute Gasteiger partial charge is 0.174 e. The number of nitrogens with zero attached hydrogens (tertiary/aromatic N) is 1. The zero-order chi connectivity index (χ0) is 16.7. The molecule has 0 saturated heterocycles. The molecule has 2 bridgehead atoms. The Morgan fingerprint density at radius 1 is 1.42 bits per heavy atom. The predicted molar refractivity (Wildman–Crippen MR) is 87.0 cm³/mol. The lowest BCUT2D eigenvalue weighted by molar-refractivity contribution is -0.151. The van der Waals surface area contributed by atoms with Crippen molar-refractivity contribution in [2.45, 2.75) is 55.4 Å². The quantitative estimate of drug-likeness (QED) is 0.808. The van der Waals surface area contributed by atoms with Crippen LogP contribution in [0.1, 0.15) is 36.8 Å². The molecule has 2 aliphatic heterocycles. The van der Waals surface area contributed by atoms with E-state index in [2.05, 4.69) is 11.5 Å². The summed E-state index contributed by atoms with van der Waals surface area (Å²) in [6.45, 7) is 5.23. The first kappa shape index (κ1) is 14.5. The molecule has 2 heterocycles. The van der Waals surface area contributed by atoms with Gasteiger partial charge in [-0.2, -0.15) is 0 Å². The van der Waals surface area contributed by atoms with Crippen LogP contribution in [-0.2, 0) is 16.8 Å².